The quantitative estimate of drug-likeness (QED) is 0.535. The van der Waals surface area contributed by atoms with E-state index in [0.29, 0.717) is 17.2 Å². The summed E-state index contributed by atoms with van der Waals surface area (Å²) in [5.74, 6) is 5.76. The Morgan fingerprint density at radius 2 is 2.00 bits per heavy atom. The highest BCUT2D eigenvalue weighted by molar-refractivity contribution is 6.30. The highest BCUT2D eigenvalue weighted by Gasteiger charge is 2.46. The molecule has 1 aliphatic carbocycles. The number of ether oxygens (including phenoxy) is 1. The molecule has 2 aliphatic rings. The van der Waals surface area contributed by atoms with Crippen molar-refractivity contribution in [3.63, 3.8) is 0 Å². The van der Waals surface area contributed by atoms with E-state index in [2.05, 4.69) is 51.0 Å². The van der Waals surface area contributed by atoms with E-state index in [4.69, 9.17) is 22.1 Å². The standard InChI is InChI=1S/C27H26ClFN4O2/c28-21-8-3-9-23(24(21)29)35-14-4-6-19-16-31-26(22(17-34)32-19)33-12-10-27(11-13-33)15-18-5-1-2-7-20(18)25(27)30/h1-3,5,7-9,16,25,34H,10-15,17,30H2. The number of nitrogens with two attached hydrogens (primary N) is 1. The maximum atomic E-state index is 13.9. The Balaban J connectivity index is 1.24. The first-order valence-corrected chi connectivity index (χ1v) is 12.0. The molecule has 6 nitrogen and oxygen atoms in total. The molecule has 3 N–H and O–H groups in total. The Bertz CT molecular complexity index is 1300. The third-order valence-electron chi connectivity index (χ3n) is 7.06. The summed E-state index contributed by atoms with van der Waals surface area (Å²) in [4.78, 5) is 11.2. The average molecular weight is 493 g/mol. The summed E-state index contributed by atoms with van der Waals surface area (Å²) in [5, 5.41) is 9.93. The number of piperidine rings is 1. The van der Waals surface area contributed by atoms with Crippen LogP contribution >= 0.6 is 11.6 Å². The monoisotopic (exact) mass is 492 g/mol. The molecule has 1 unspecified atom stereocenters. The number of hydrogen-bond donors (Lipinski definition) is 2. The topological polar surface area (TPSA) is 84.5 Å². The lowest BCUT2D eigenvalue weighted by atomic mass is 9.73. The first kappa shape index (κ1) is 23.6. The number of nitrogens with zero attached hydrogens (tertiary/aromatic N) is 3. The second kappa shape index (κ2) is 9.82. The van der Waals surface area contributed by atoms with Crippen molar-refractivity contribution in [1.82, 2.24) is 9.97 Å². The zero-order valence-corrected chi connectivity index (χ0v) is 19.9. The number of benzene rings is 2. The van der Waals surface area contributed by atoms with Crippen LogP contribution in [0.2, 0.25) is 5.02 Å². The molecule has 0 bridgehead atoms. The van der Waals surface area contributed by atoms with Gasteiger partial charge in [-0.25, -0.2) is 14.4 Å². The van der Waals surface area contributed by atoms with Gasteiger partial charge in [0.1, 0.15) is 18.0 Å². The molecule has 0 radical (unpaired) electrons. The van der Waals surface area contributed by atoms with Crippen LogP contribution in [-0.4, -0.2) is 34.8 Å². The molecule has 35 heavy (non-hydrogen) atoms. The van der Waals surface area contributed by atoms with Gasteiger partial charge in [0.25, 0.3) is 0 Å². The van der Waals surface area contributed by atoms with E-state index in [1.165, 1.54) is 23.3 Å². The number of fused-ring (bicyclic) bond motifs is 1. The fourth-order valence-corrected chi connectivity index (χ4v) is 5.32. The Hall–Kier alpha value is -3.18. The number of aromatic nitrogens is 2. The normalized spacial score (nSPS) is 18.2. The van der Waals surface area contributed by atoms with Crippen LogP contribution in [0.1, 0.15) is 41.4 Å². The molecule has 2 aromatic carbocycles. The summed E-state index contributed by atoms with van der Waals surface area (Å²) in [6.07, 6.45) is 4.50. The SMILES string of the molecule is NC1c2ccccc2CC12CCN(c1ncc(C#CCOc3cccc(Cl)c3F)nc1CO)CC2. The van der Waals surface area contributed by atoms with Crippen LogP contribution in [-0.2, 0) is 13.0 Å². The first-order valence-electron chi connectivity index (χ1n) is 11.6. The molecule has 1 saturated heterocycles. The molecule has 0 saturated carbocycles. The lowest BCUT2D eigenvalue weighted by molar-refractivity contribution is 0.186. The molecule has 5 rings (SSSR count). The first-order chi connectivity index (χ1) is 17.0. The number of rotatable bonds is 4. The van der Waals surface area contributed by atoms with Crippen molar-refractivity contribution in [2.45, 2.75) is 31.9 Å². The molecule has 2 heterocycles. The van der Waals surface area contributed by atoms with Gasteiger partial charge in [-0.05, 0) is 53.9 Å². The lowest BCUT2D eigenvalue weighted by Crippen LogP contribution is -2.45. The van der Waals surface area contributed by atoms with Gasteiger partial charge in [0, 0.05) is 19.1 Å². The molecule has 8 heteroatoms. The molecule has 1 spiro atoms. The van der Waals surface area contributed by atoms with E-state index in [9.17, 15) is 9.50 Å². The minimum absolute atomic E-state index is 0.00686. The Kier molecular flexibility index (Phi) is 6.61. The highest BCUT2D eigenvalue weighted by atomic mass is 35.5. The van der Waals surface area contributed by atoms with Crippen LogP contribution in [0.15, 0.2) is 48.7 Å². The van der Waals surface area contributed by atoms with Crippen molar-refractivity contribution in [2.75, 3.05) is 24.6 Å². The van der Waals surface area contributed by atoms with Crippen LogP contribution in [0.25, 0.3) is 0 Å². The molecule has 3 aromatic rings. The smallest absolute Gasteiger partial charge is 0.183 e. The van der Waals surface area contributed by atoms with E-state index in [-0.39, 0.29) is 35.4 Å². The van der Waals surface area contributed by atoms with Gasteiger partial charge in [-0.15, -0.1) is 0 Å². The van der Waals surface area contributed by atoms with Gasteiger partial charge in [-0.1, -0.05) is 47.9 Å². The van der Waals surface area contributed by atoms with Crippen molar-refractivity contribution < 1.29 is 14.2 Å². The van der Waals surface area contributed by atoms with Gasteiger partial charge in [0.2, 0.25) is 0 Å². The van der Waals surface area contributed by atoms with Crippen molar-refractivity contribution in [2.24, 2.45) is 11.1 Å². The van der Waals surface area contributed by atoms with E-state index in [1.807, 2.05) is 0 Å². The van der Waals surface area contributed by atoms with Gasteiger partial charge in [-0.3, -0.25) is 0 Å². The van der Waals surface area contributed by atoms with E-state index in [1.54, 1.807) is 12.3 Å². The second-order valence-electron chi connectivity index (χ2n) is 9.03. The van der Waals surface area contributed by atoms with Crippen molar-refractivity contribution in [3.8, 4) is 17.6 Å². The molecular weight excluding hydrogens is 467 g/mol. The van der Waals surface area contributed by atoms with E-state index < -0.39 is 5.82 Å². The molecule has 0 amide bonds. The zero-order chi connectivity index (χ0) is 24.4. The molecular formula is C27H26ClFN4O2. The van der Waals surface area contributed by atoms with Gasteiger partial charge in [-0.2, -0.15) is 0 Å². The average Bonchev–Trinajstić information content (AvgIpc) is 3.15. The van der Waals surface area contributed by atoms with Crippen LogP contribution in [0.5, 0.6) is 5.75 Å². The summed E-state index contributed by atoms with van der Waals surface area (Å²) in [6, 6.07) is 13.1. The van der Waals surface area contributed by atoms with Crippen LogP contribution < -0.4 is 15.4 Å². The summed E-state index contributed by atoms with van der Waals surface area (Å²) in [5.41, 5.74) is 10.3. The van der Waals surface area contributed by atoms with E-state index >= 15 is 0 Å². The van der Waals surface area contributed by atoms with Gasteiger partial charge >= 0.3 is 0 Å². The molecule has 1 atom stereocenters. The number of hydrogen-bond acceptors (Lipinski definition) is 6. The zero-order valence-electron chi connectivity index (χ0n) is 19.2. The van der Waals surface area contributed by atoms with Crippen molar-refractivity contribution in [1.29, 1.82) is 0 Å². The maximum absolute atomic E-state index is 13.9. The fourth-order valence-electron chi connectivity index (χ4n) is 5.16. The Labute approximate surface area is 208 Å². The number of anilines is 1. The van der Waals surface area contributed by atoms with Crippen molar-refractivity contribution >= 4 is 17.4 Å². The predicted molar refractivity (Wildman–Crippen MR) is 133 cm³/mol. The number of halogens is 2. The van der Waals surface area contributed by atoms with Gasteiger partial charge in [0.15, 0.2) is 17.4 Å². The highest BCUT2D eigenvalue weighted by Crippen LogP contribution is 2.51. The largest absolute Gasteiger partial charge is 0.478 e. The number of aliphatic hydroxyl groups is 1. The Morgan fingerprint density at radius 1 is 1.20 bits per heavy atom. The summed E-state index contributed by atoms with van der Waals surface area (Å²) in [6.45, 7) is 1.32. The predicted octanol–water partition coefficient (Wildman–Crippen LogP) is 4.03. The maximum Gasteiger partial charge on any atom is 0.183 e. The van der Waals surface area contributed by atoms with Crippen molar-refractivity contribution in [3.05, 3.63) is 82.0 Å². The van der Waals surface area contributed by atoms with Crippen LogP contribution in [0.4, 0.5) is 10.2 Å². The molecule has 1 fully saturated rings. The lowest BCUT2D eigenvalue weighted by Gasteiger charge is -2.42. The molecule has 1 aliphatic heterocycles. The van der Waals surface area contributed by atoms with Crippen LogP contribution in [0.3, 0.4) is 0 Å². The van der Waals surface area contributed by atoms with E-state index in [0.717, 1.165) is 32.4 Å². The molecule has 180 valence electrons. The number of aliphatic hydroxyl groups excluding tert-OH is 1. The molecule has 1 aromatic heterocycles. The third-order valence-corrected chi connectivity index (χ3v) is 7.35. The third kappa shape index (κ3) is 4.57. The summed E-state index contributed by atoms with van der Waals surface area (Å²) < 4.78 is 19.2. The second-order valence-corrected chi connectivity index (χ2v) is 9.44. The minimum atomic E-state index is -0.617. The summed E-state index contributed by atoms with van der Waals surface area (Å²) in [7, 11) is 0. The fraction of sp³-hybridized carbons (Fsp3) is 0.333. The van der Waals surface area contributed by atoms with Crippen LogP contribution in [0, 0.1) is 23.1 Å². The van der Waals surface area contributed by atoms with Gasteiger partial charge < -0.3 is 20.5 Å². The minimum Gasteiger partial charge on any atom is -0.478 e. The summed E-state index contributed by atoms with van der Waals surface area (Å²) >= 11 is 5.76. The Morgan fingerprint density at radius 3 is 2.77 bits per heavy atom. The van der Waals surface area contributed by atoms with Gasteiger partial charge in [0.05, 0.1) is 17.8 Å².